The van der Waals surface area contributed by atoms with E-state index >= 15 is 0 Å². The van der Waals surface area contributed by atoms with Gasteiger partial charge < -0.3 is 9.47 Å². The number of ether oxygens (including phenoxy) is 2. The molecule has 0 fully saturated rings. The van der Waals surface area contributed by atoms with E-state index in [1.165, 1.54) is 11.1 Å². The fraction of sp³-hybridized carbons (Fsp3) is 0.333. The molecule has 0 saturated carbocycles. The Morgan fingerprint density at radius 3 is 1.48 bits per heavy atom. The Morgan fingerprint density at radius 2 is 1.15 bits per heavy atom. The number of benzene rings is 2. The van der Waals surface area contributed by atoms with Crippen LogP contribution in [0, 0.1) is 0 Å². The molecular weight excluding hydrogens is 378 g/mol. The van der Waals surface area contributed by atoms with E-state index in [4.69, 9.17) is 9.47 Å². The Bertz CT molecular complexity index is 697. The van der Waals surface area contributed by atoms with Crippen molar-refractivity contribution in [3.8, 4) is 0 Å². The van der Waals surface area contributed by atoms with Crippen molar-refractivity contribution in [3.05, 3.63) is 70.8 Å². The molecule has 0 radical (unpaired) electrons. The van der Waals surface area contributed by atoms with Gasteiger partial charge in [0.1, 0.15) is 12.7 Å². The minimum absolute atomic E-state index is 0.261. The largest absolute Gasteiger partial charge is 0.458 e. The van der Waals surface area contributed by atoms with Gasteiger partial charge >= 0.3 is 11.9 Å². The first-order valence-electron chi connectivity index (χ1n) is 8.97. The van der Waals surface area contributed by atoms with Gasteiger partial charge in [-0.15, -0.1) is 0 Å². The monoisotopic (exact) mass is 406 g/mol. The highest BCUT2D eigenvalue weighted by Crippen LogP contribution is 2.08. The van der Waals surface area contributed by atoms with Gasteiger partial charge in [0.25, 0.3) is 0 Å². The summed E-state index contributed by atoms with van der Waals surface area (Å²) in [5, 5.41) is 0. The average molecular weight is 406 g/mol. The van der Waals surface area contributed by atoms with Crippen LogP contribution in [0.2, 0.25) is 0 Å². The molecule has 0 aromatic heterocycles. The summed E-state index contributed by atoms with van der Waals surface area (Å²) >= 11 is 0. The van der Waals surface area contributed by atoms with Gasteiger partial charge in [0, 0.05) is 0 Å². The van der Waals surface area contributed by atoms with Gasteiger partial charge in [0.05, 0.1) is 11.1 Å². The van der Waals surface area contributed by atoms with Crippen LogP contribution in [0.5, 0.6) is 0 Å². The van der Waals surface area contributed by atoms with E-state index in [0.29, 0.717) is 23.8 Å². The molecule has 2 unspecified atom stereocenters. The van der Waals surface area contributed by atoms with Crippen molar-refractivity contribution in [2.45, 2.75) is 33.1 Å². The van der Waals surface area contributed by atoms with Crippen molar-refractivity contribution in [1.82, 2.24) is 0 Å². The molecule has 0 bridgehead atoms. The Labute approximate surface area is 166 Å². The molecule has 2 aromatic carbocycles. The average Bonchev–Trinajstić information content (AvgIpc) is 2.70. The first-order valence-corrected chi connectivity index (χ1v) is 10.6. The van der Waals surface area contributed by atoms with E-state index < -0.39 is 0 Å². The highest BCUT2D eigenvalue weighted by Gasteiger charge is 2.05. The third kappa shape index (κ3) is 8.65. The smallest absolute Gasteiger partial charge is 0.338 e. The van der Waals surface area contributed by atoms with Crippen LogP contribution < -0.4 is 0 Å². The van der Waals surface area contributed by atoms with Crippen molar-refractivity contribution >= 4 is 30.4 Å². The number of aryl methyl sites for hydroxylation is 2. The summed E-state index contributed by atoms with van der Waals surface area (Å²) < 4.78 is 9.68. The minimum Gasteiger partial charge on any atom is -0.458 e. The van der Waals surface area contributed by atoms with Gasteiger partial charge in [-0.25, -0.2) is 9.59 Å². The molecule has 0 aliphatic rings. The summed E-state index contributed by atoms with van der Waals surface area (Å²) in [4.78, 5) is 22.5. The van der Waals surface area contributed by atoms with Crippen LogP contribution in [-0.2, 0) is 22.3 Å². The number of esters is 2. The number of carbonyl (C=O) groups is 2. The third-order valence-corrected chi connectivity index (χ3v) is 4.09. The number of hydrogen-bond donors (Lipinski definition) is 0. The second-order valence-corrected chi connectivity index (χ2v) is 6.36. The Balaban J connectivity index is 0.000000271. The number of hydrogen-bond acceptors (Lipinski definition) is 4. The van der Waals surface area contributed by atoms with Gasteiger partial charge in [-0.05, 0) is 48.2 Å². The molecule has 0 aliphatic heterocycles. The molecule has 0 N–H and O–H groups in total. The number of rotatable bonds is 7. The predicted molar refractivity (Wildman–Crippen MR) is 116 cm³/mol. The van der Waals surface area contributed by atoms with Crippen molar-refractivity contribution in [2.24, 2.45) is 0 Å². The molecule has 0 aliphatic carbocycles. The second kappa shape index (κ2) is 13.4. The van der Waals surface area contributed by atoms with Gasteiger partial charge in [-0.3, -0.25) is 0 Å². The lowest BCUT2D eigenvalue weighted by Crippen LogP contribution is -2.03. The topological polar surface area (TPSA) is 52.6 Å². The molecule has 146 valence electrons. The molecule has 2 rings (SSSR count). The Morgan fingerprint density at radius 1 is 0.741 bits per heavy atom. The van der Waals surface area contributed by atoms with Crippen molar-refractivity contribution in [2.75, 3.05) is 12.7 Å². The molecule has 2 atom stereocenters. The van der Waals surface area contributed by atoms with Crippen LogP contribution >= 0.6 is 18.5 Å². The lowest BCUT2D eigenvalue weighted by molar-refractivity contribution is 0.0569. The molecule has 0 heterocycles. The summed E-state index contributed by atoms with van der Waals surface area (Å²) in [6, 6.07) is 15.1. The van der Waals surface area contributed by atoms with Crippen molar-refractivity contribution < 1.29 is 19.1 Å². The lowest BCUT2D eigenvalue weighted by Gasteiger charge is -2.02. The molecule has 2 aromatic rings. The molecule has 4 nitrogen and oxygen atoms in total. The summed E-state index contributed by atoms with van der Waals surface area (Å²) in [5.74, 6) is -0.527. The van der Waals surface area contributed by atoms with Crippen LogP contribution in [0.4, 0.5) is 0 Å². The standard InChI is InChI=1S/C11H15O2P.C10H13O2P/c1-2-3-9-4-6-10(7-5-9)11(12)13-8-14;1-2-8-3-5-9(6-4-8)10(11)12-7-13/h4-7H,2-3,8,14H2,1H3;3-6H,2,7,13H2,1H3. The highest BCUT2D eigenvalue weighted by atomic mass is 31.0. The normalized spacial score (nSPS) is 9.78. The fourth-order valence-electron chi connectivity index (χ4n) is 2.29. The predicted octanol–water partition coefficient (Wildman–Crippen LogP) is 4.87. The summed E-state index contributed by atoms with van der Waals surface area (Å²) in [6.45, 7) is 4.21. The molecule has 27 heavy (non-hydrogen) atoms. The SMILES string of the molecule is CCCc1ccc(C(=O)OCP)cc1.CCc1ccc(C(=O)OCP)cc1. The van der Waals surface area contributed by atoms with E-state index in [-0.39, 0.29) is 11.9 Å². The molecule has 0 saturated heterocycles. The Kier molecular flexibility index (Phi) is 11.6. The summed E-state index contributed by atoms with van der Waals surface area (Å²) in [7, 11) is 4.71. The number of carbonyl (C=O) groups excluding carboxylic acids is 2. The van der Waals surface area contributed by atoms with Gasteiger partial charge in [-0.2, -0.15) is 0 Å². The Hall–Kier alpha value is -1.76. The maximum atomic E-state index is 11.3. The minimum atomic E-state index is -0.266. The van der Waals surface area contributed by atoms with Gasteiger partial charge in [0.15, 0.2) is 0 Å². The van der Waals surface area contributed by atoms with E-state index in [0.717, 1.165) is 19.3 Å². The van der Waals surface area contributed by atoms with Crippen LogP contribution in [0.1, 0.15) is 52.1 Å². The lowest BCUT2D eigenvalue weighted by atomic mass is 10.1. The summed E-state index contributed by atoms with van der Waals surface area (Å²) in [6.07, 6.45) is 3.84. The zero-order valence-corrected chi connectivity index (χ0v) is 18.3. The zero-order valence-electron chi connectivity index (χ0n) is 15.9. The van der Waals surface area contributed by atoms with E-state index in [9.17, 15) is 9.59 Å². The van der Waals surface area contributed by atoms with Crippen LogP contribution in [0.3, 0.4) is 0 Å². The molecule has 0 spiro atoms. The van der Waals surface area contributed by atoms with E-state index in [1.54, 1.807) is 12.1 Å². The van der Waals surface area contributed by atoms with Crippen LogP contribution in [0.15, 0.2) is 48.5 Å². The third-order valence-electron chi connectivity index (χ3n) is 3.76. The highest BCUT2D eigenvalue weighted by molar-refractivity contribution is 7.16. The summed E-state index contributed by atoms with van der Waals surface area (Å²) in [5.41, 5.74) is 3.71. The zero-order chi connectivity index (χ0) is 20.1. The maximum absolute atomic E-state index is 11.3. The second-order valence-electron chi connectivity index (χ2n) is 5.69. The molecule has 0 amide bonds. The fourth-order valence-corrected chi connectivity index (χ4v) is 2.59. The first kappa shape index (κ1) is 23.3. The molecular formula is C21H28O4P2. The quantitative estimate of drug-likeness (QED) is 0.486. The van der Waals surface area contributed by atoms with Crippen LogP contribution in [-0.4, -0.2) is 24.6 Å². The molecule has 6 heteroatoms. The van der Waals surface area contributed by atoms with Gasteiger partial charge in [0.2, 0.25) is 0 Å². The van der Waals surface area contributed by atoms with Crippen molar-refractivity contribution in [1.29, 1.82) is 0 Å². The first-order chi connectivity index (χ1) is 13.0. The van der Waals surface area contributed by atoms with E-state index in [1.807, 2.05) is 36.4 Å². The van der Waals surface area contributed by atoms with Crippen LogP contribution in [0.25, 0.3) is 0 Å². The van der Waals surface area contributed by atoms with Crippen molar-refractivity contribution in [3.63, 3.8) is 0 Å². The van der Waals surface area contributed by atoms with Gasteiger partial charge in [-0.1, -0.05) is 63.0 Å². The van der Waals surface area contributed by atoms with E-state index in [2.05, 4.69) is 32.3 Å². The maximum Gasteiger partial charge on any atom is 0.338 e.